The number of nitrogens with one attached hydrogen (secondary N) is 1. The second-order valence-corrected chi connectivity index (χ2v) is 4.76. The third kappa shape index (κ3) is 4.02. The van der Waals surface area contributed by atoms with E-state index in [0.29, 0.717) is 12.5 Å². The van der Waals surface area contributed by atoms with Crippen LogP contribution in [0.1, 0.15) is 12.8 Å². The standard InChI is InChI=1S/C12H22N4O/c13-4-6-15-7-9-16(10-8-15)12(17)14-5-3-11-1-2-11/h3,5,11H,1-2,4,6-10,13H2,(H,14,17)/b5-3+. The summed E-state index contributed by atoms with van der Waals surface area (Å²) in [4.78, 5) is 15.9. The molecule has 96 valence electrons. The first-order valence-corrected chi connectivity index (χ1v) is 6.44. The van der Waals surface area contributed by atoms with Crippen molar-refractivity contribution < 1.29 is 4.79 Å². The average Bonchev–Trinajstić information content (AvgIpc) is 3.14. The predicted molar refractivity (Wildman–Crippen MR) is 67.5 cm³/mol. The largest absolute Gasteiger partial charge is 0.329 e. The van der Waals surface area contributed by atoms with Gasteiger partial charge in [-0.2, -0.15) is 0 Å². The first-order valence-electron chi connectivity index (χ1n) is 6.44. The Kier molecular flexibility index (Phi) is 4.39. The highest BCUT2D eigenvalue weighted by Gasteiger charge is 2.20. The van der Waals surface area contributed by atoms with Crippen molar-refractivity contribution in [3.63, 3.8) is 0 Å². The van der Waals surface area contributed by atoms with E-state index in [1.54, 1.807) is 6.20 Å². The number of nitrogens with two attached hydrogens (primary N) is 1. The lowest BCUT2D eigenvalue weighted by Crippen LogP contribution is -2.51. The Labute approximate surface area is 103 Å². The third-order valence-electron chi connectivity index (χ3n) is 3.30. The van der Waals surface area contributed by atoms with Crippen LogP contribution in [0.4, 0.5) is 4.79 Å². The molecule has 1 aliphatic carbocycles. The molecule has 0 aromatic carbocycles. The summed E-state index contributed by atoms with van der Waals surface area (Å²) in [6, 6.07) is 0.0225. The van der Waals surface area contributed by atoms with Gasteiger partial charge in [0.05, 0.1) is 0 Å². The quantitative estimate of drug-likeness (QED) is 0.735. The maximum atomic E-state index is 11.8. The molecule has 0 unspecified atom stereocenters. The van der Waals surface area contributed by atoms with Crippen molar-refractivity contribution in [1.82, 2.24) is 15.1 Å². The normalized spacial score (nSPS) is 22.1. The molecule has 0 bridgehead atoms. The SMILES string of the molecule is NCCN1CCN(C(=O)N/C=C/C2CC2)CC1. The van der Waals surface area contributed by atoms with Crippen molar-refractivity contribution in [2.24, 2.45) is 11.7 Å². The first kappa shape index (κ1) is 12.4. The molecule has 5 heteroatoms. The van der Waals surface area contributed by atoms with E-state index in [4.69, 9.17) is 5.73 Å². The summed E-state index contributed by atoms with van der Waals surface area (Å²) >= 11 is 0. The fourth-order valence-electron chi connectivity index (χ4n) is 1.99. The number of rotatable bonds is 4. The van der Waals surface area contributed by atoms with Crippen LogP contribution in [0.15, 0.2) is 12.3 Å². The molecule has 0 aromatic heterocycles. The predicted octanol–water partition coefficient (Wildman–Crippen LogP) is 0.196. The van der Waals surface area contributed by atoms with Crippen molar-refractivity contribution >= 4 is 6.03 Å². The van der Waals surface area contributed by atoms with E-state index in [-0.39, 0.29) is 6.03 Å². The van der Waals surface area contributed by atoms with E-state index in [0.717, 1.165) is 32.7 Å². The Balaban J connectivity index is 1.66. The van der Waals surface area contributed by atoms with Crippen LogP contribution in [0.5, 0.6) is 0 Å². The Morgan fingerprint density at radius 2 is 2.00 bits per heavy atom. The van der Waals surface area contributed by atoms with Gasteiger partial charge in [-0.3, -0.25) is 4.90 Å². The van der Waals surface area contributed by atoms with Gasteiger partial charge in [-0.05, 0) is 18.8 Å². The third-order valence-corrected chi connectivity index (χ3v) is 3.30. The van der Waals surface area contributed by atoms with Gasteiger partial charge >= 0.3 is 6.03 Å². The molecule has 2 rings (SSSR count). The van der Waals surface area contributed by atoms with E-state index in [9.17, 15) is 4.79 Å². The number of allylic oxidation sites excluding steroid dienone is 1. The van der Waals surface area contributed by atoms with Crippen LogP contribution in [0, 0.1) is 5.92 Å². The van der Waals surface area contributed by atoms with Gasteiger partial charge in [0.25, 0.3) is 0 Å². The molecule has 1 saturated carbocycles. The average molecular weight is 238 g/mol. The summed E-state index contributed by atoms with van der Waals surface area (Å²) in [7, 11) is 0. The van der Waals surface area contributed by atoms with Gasteiger partial charge in [0.15, 0.2) is 0 Å². The number of piperazine rings is 1. The number of hydrogen-bond acceptors (Lipinski definition) is 3. The van der Waals surface area contributed by atoms with Crippen LogP contribution in [-0.2, 0) is 0 Å². The second-order valence-electron chi connectivity index (χ2n) is 4.76. The molecule has 17 heavy (non-hydrogen) atoms. The van der Waals surface area contributed by atoms with E-state index in [2.05, 4.69) is 16.3 Å². The fourth-order valence-corrected chi connectivity index (χ4v) is 1.99. The number of urea groups is 1. The van der Waals surface area contributed by atoms with Gasteiger partial charge in [0, 0.05) is 45.5 Å². The molecule has 1 aliphatic heterocycles. The highest BCUT2D eigenvalue weighted by atomic mass is 16.2. The van der Waals surface area contributed by atoms with Crippen LogP contribution < -0.4 is 11.1 Å². The molecule has 5 nitrogen and oxygen atoms in total. The number of nitrogens with zero attached hydrogens (tertiary/aromatic N) is 2. The molecule has 1 saturated heterocycles. The molecule has 2 fully saturated rings. The second kappa shape index (κ2) is 6.02. The molecule has 0 radical (unpaired) electrons. The number of hydrogen-bond donors (Lipinski definition) is 2. The topological polar surface area (TPSA) is 61.6 Å². The number of carbonyl (C=O) groups excluding carboxylic acids is 1. The maximum Gasteiger partial charge on any atom is 0.321 e. The molecule has 0 spiro atoms. The smallest absolute Gasteiger partial charge is 0.321 e. The lowest BCUT2D eigenvalue weighted by atomic mass is 10.3. The van der Waals surface area contributed by atoms with E-state index in [1.807, 2.05) is 4.90 Å². The molecular weight excluding hydrogens is 216 g/mol. The van der Waals surface area contributed by atoms with Crippen LogP contribution in [0.3, 0.4) is 0 Å². The zero-order valence-corrected chi connectivity index (χ0v) is 10.3. The van der Waals surface area contributed by atoms with Crippen molar-refractivity contribution in [3.05, 3.63) is 12.3 Å². The lowest BCUT2D eigenvalue weighted by molar-refractivity contribution is 0.143. The fraction of sp³-hybridized carbons (Fsp3) is 0.750. The van der Waals surface area contributed by atoms with Crippen LogP contribution in [0.25, 0.3) is 0 Å². The zero-order chi connectivity index (χ0) is 12.1. The van der Waals surface area contributed by atoms with Gasteiger partial charge in [0.2, 0.25) is 0 Å². The summed E-state index contributed by atoms with van der Waals surface area (Å²) < 4.78 is 0. The van der Waals surface area contributed by atoms with Gasteiger partial charge in [0.1, 0.15) is 0 Å². The molecule has 2 aliphatic rings. The Bertz CT molecular complexity index is 280. The molecule has 2 amide bonds. The van der Waals surface area contributed by atoms with Gasteiger partial charge in [-0.25, -0.2) is 4.79 Å². The number of carbonyl (C=O) groups is 1. The van der Waals surface area contributed by atoms with Crippen LogP contribution in [0.2, 0.25) is 0 Å². The Morgan fingerprint density at radius 3 is 2.59 bits per heavy atom. The molecule has 1 heterocycles. The highest BCUT2D eigenvalue weighted by molar-refractivity contribution is 5.75. The molecule has 0 aromatic rings. The van der Waals surface area contributed by atoms with Crippen molar-refractivity contribution in [3.8, 4) is 0 Å². The van der Waals surface area contributed by atoms with Crippen LogP contribution >= 0.6 is 0 Å². The minimum absolute atomic E-state index is 0.0225. The van der Waals surface area contributed by atoms with E-state index in [1.165, 1.54) is 12.8 Å². The van der Waals surface area contributed by atoms with Crippen LogP contribution in [-0.4, -0.2) is 55.1 Å². The minimum atomic E-state index is 0.0225. The summed E-state index contributed by atoms with van der Waals surface area (Å²) in [5.74, 6) is 0.705. The molecule has 3 N–H and O–H groups in total. The van der Waals surface area contributed by atoms with Crippen molar-refractivity contribution in [1.29, 1.82) is 0 Å². The maximum absolute atomic E-state index is 11.8. The van der Waals surface area contributed by atoms with Gasteiger partial charge in [-0.1, -0.05) is 6.08 Å². The number of amides is 2. The van der Waals surface area contributed by atoms with Crippen molar-refractivity contribution in [2.75, 3.05) is 39.3 Å². The minimum Gasteiger partial charge on any atom is -0.329 e. The Hall–Kier alpha value is -1.07. The molecular formula is C12H22N4O. The molecule has 0 atom stereocenters. The van der Waals surface area contributed by atoms with E-state index >= 15 is 0 Å². The summed E-state index contributed by atoms with van der Waals surface area (Å²) in [6.45, 7) is 5.06. The lowest BCUT2D eigenvalue weighted by Gasteiger charge is -2.34. The van der Waals surface area contributed by atoms with E-state index < -0.39 is 0 Å². The zero-order valence-electron chi connectivity index (χ0n) is 10.3. The van der Waals surface area contributed by atoms with Crippen molar-refractivity contribution in [2.45, 2.75) is 12.8 Å². The Morgan fingerprint density at radius 1 is 1.29 bits per heavy atom. The first-order chi connectivity index (χ1) is 8.29. The summed E-state index contributed by atoms with van der Waals surface area (Å²) in [5, 5.41) is 2.83. The van der Waals surface area contributed by atoms with Gasteiger partial charge in [-0.15, -0.1) is 0 Å². The summed E-state index contributed by atoms with van der Waals surface area (Å²) in [6.07, 6.45) is 6.42. The highest BCUT2D eigenvalue weighted by Crippen LogP contribution is 2.29. The van der Waals surface area contributed by atoms with Gasteiger partial charge < -0.3 is 16.0 Å². The monoisotopic (exact) mass is 238 g/mol. The summed E-state index contributed by atoms with van der Waals surface area (Å²) in [5.41, 5.74) is 5.51.